The second kappa shape index (κ2) is 5.90. The summed E-state index contributed by atoms with van der Waals surface area (Å²) in [7, 11) is 1.70. The molecule has 0 heterocycles. The van der Waals surface area contributed by atoms with Crippen LogP contribution in [0.5, 0.6) is 0 Å². The van der Waals surface area contributed by atoms with Crippen molar-refractivity contribution in [3.8, 4) is 0 Å². The van der Waals surface area contributed by atoms with Gasteiger partial charge in [0.25, 0.3) is 0 Å². The molecule has 5 heteroatoms. The fraction of sp³-hybridized carbons (Fsp3) is 0.857. The molecule has 2 amide bonds. The Bertz CT molecular complexity index is 343. The van der Waals surface area contributed by atoms with E-state index in [2.05, 4.69) is 5.32 Å². The summed E-state index contributed by atoms with van der Waals surface area (Å²) in [5.74, 6) is -0.329. The summed E-state index contributed by atoms with van der Waals surface area (Å²) in [4.78, 5) is 25.6. The standard InChI is InChI=1S/C14H26N2O3/c1-9(17)11(15-12(18)10-6-7-10)13(19)16(5)8-14(2,3)4/h9-11,17H,6-8H2,1-5H3,(H,15,18). The van der Waals surface area contributed by atoms with Crippen LogP contribution in [-0.2, 0) is 9.59 Å². The average molecular weight is 270 g/mol. The van der Waals surface area contributed by atoms with E-state index in [9.17, 15) is 14.7 Å². The van der Waals surface area contributed by atoms with Crippen LogP contribution in [0.2, 0.25) is 0 Å². The minimum absolute atomic E-state index is 0.0197. The Morgan fingerprint density at radius 3 is 2.26 bits per heavy atom. The number of aliphatic hydroxyl groups is 1. The molecule has 1 rings (SSSR count). The first-order chi connectivity index (χ1) is 8.61. The monoisotopic (exact) mass is 270 g/mol. The summed E-state index contributed by atoms with van der Waals surface area (Å²) >= 11 is 0. The van der Waals surface area contributed by atoms with E-state index in [-0.39, 0.29) is 23.1 Å². The van der Waals surface area contributed by atoms with Crippen LogP contribution in [0.15, 0.2) is 0 Å². The molecular formula is C14H26N2O3. The van der Waals surface area contributed by atoms with Gasteiger partial charge in [0.2, 0.25) is 11.8 Å². The lowest BCUT2D eigenvalue weighted by Gasteiger charge is -2.31. The van der Waals surface area contributed by atoms with E-state index in [4.69, 9.17) is 0 Å². The van der Waals surface area contributed by atoms with E-state index < -0.39 is 12.1 Å². The molecule has 2 atom stereocenters. The van der Waals surface area contributed by atoms with Crippen LogP contribution in [0, 0.1) is 11.3 Å². The van der Waals surface area contributed by atoms with Gasteiger partial charge in [0.05, 0.1) is 6.10 Å². The van der Waals surface area contributed by atoms with Gasteiger partial charge in [-0.1, -0.05) is 20.8 Å². The quantitative estimate of drug-likeness (QED) is 0.775. The van der Waals surface area contributed by atoms with Crippen molar-refractivity contribution >= 4 is 11.8 Å². The third-order valence-electron chi connectivity index (χ3n) is 3.08. The van der Waals surface area contributed by atoms with E-state index >= 15 is 0 Å². The molecule has 0 aromatic rings. The zero-order valence-corrected chi connectivity index (χ0v) is 12.6. The number of aliphatic hydroxyl groups excluding tert-OH is 1. The topological polar surface area (TPSA) is 69.6 Å². The van der Waals surface area contributed by atoms with Gasteiger partial charge in [0.1, 0.15) is 6.04 Å². The Kier molecular flexibility index (Phi) is 4.96. The second-order valence-corrected chi connectivity index (χ2v) is 6.76. The predicted molar refractivity (Wildman–Crippen MR) is 73.4 cm³/mol. The van der Waals surface area contributed by atoms with Crippen molar-refractivity contribution in [3.05, 3.63) is 0 Å². The highest BCUT2D eigenvalue weighted by Crippen LogP contribution is 2.29. The van der Waals surface area contributed by atoms with Gasteiger partial charge in [-0.15, -0.1) is 0 Å². The lowest BCUT2D eigenvalue weighted by molar-refractivity contribution is -0.139. The third-order valence-corrected chi connectivity index (χ3v) is 3.08. The first kappa shape index (κ1) is 16.0. The number of rotatable bonds is 5. The van der Waals surface area contributed by atoms with Crippen LogP contribution in [0.4, 0.5) is 0 Å². The number of carbonyl (C=O) groups excluding carboxylic acids is 2. The second-order valence-electron chi connectivity index (χ2n) is 6.76. The molecular weight excluding hydrogens is 244 g/mol. The molecule has 19 heavy (non-hydrogen) atoms. The number of nitrogens with zero attached hydrogens (tertiary/aromatic N) is 1. The van der Waals surface area contributed by atoms with Crippen LogP contribution in [0.3, 0.4) is 0 Å². The number of nitrogens with one attached hydrogen (secondary N) is 1. The number of hydrogen-bond donors (Lipinski definition) is 2. The first-order valence-corrected chi connectivity index (χ1v) is 6.85. The van der Waals surface area contributed by atoms with Crippen LogP contribution >= 0.6 is 0 Å². The SMILES string of the molecule is CC(O)C(NC(=O)C1CC1)C(=O)N(C)CC(C)(C)C. The Morgan fingerprint density at radius 1 is 1.37 bits per heavy atom. The van der Waals surface area contributed by atoms with Crippen LogP contribution in [0.25, 0.3) is 0 Å². The molecule has 5 nitrogen and oxygen atoms in total. The normalized spacial score (nSPS) is 18.6. The highest BCUT2D eigenvalue weighted by atomic mass is 16.3. The van der Waals surface area contributed by atoms with Gasteiger partial charge in [-0.05, 0) is 25.2 Å². The van der Waals surface area contributed by atoms with Crippen molar-refractivity contribution in [2.75, 3.05) is 13.6 Å². The van der Waals surface area contributed by atoms with E-state index in [1.165, 1.54) is 6.92 Å². The molecule has 0 aromatic heterocycles. The summed E-state index contributed by atoms with van der Waals surface area (Å²) < 4.78 is 0. The molecule has 1 aliphatic rings. The number of likely N-dealkylation sites (N-methyl/N-ethyl adjacent to an activating group) is 1. The van der Waals surface area contributed by atoms with Gasteiger partial charge in [-0.3, -0.25) is 9.59 Å². The molecule has 0 aliphatic heterocycles. The van der Waals surface area contributed by atoms with E-state index in [0.29, 0.717) is 6.54 Å². The summed E-state index contributed by atoms with van der Waals surface area (Å²) in [6, 6.07) is -0.847. The minimum atomic E-state index is -0.891. The Morgan fingerprint density at radius 2 is 1.89 bits per heavy atom. The molecule has 2 unspecified atom stereocenters. The van der Waals surface area contributed by atoms with E-state index in [1.54, 1.807) is 11.9 Å². The number of carbonyl (C=O) groups is 2. The van der Waals surface area contributed by atoms with Crippen molar-refractivity contribution in [1.82, 2.24) is 10.2 Å². The Hall–Kier alpha value is -1.10. The van der Waals surface area contributed by atoms with Gasteiger partial charge in [0, 0.05) is 19.5 Å². The van der Waals surface area contributed by atoms with Crippen molar-refractivity contribution in [2.24, 2.45) is 11.3 Å². The van der Waals surface area contributed by atoms with Crippen molar-refractivity contribution in [2.45, 2.75) is 52.7 Å². The van der Waals surface area contributed by atoms with Crippen molar-refractivity contribution in [3.63, 3.8) is 0 Å². The molecule has 2 N–H and O–H groups in total. The van der Waals surface area contributed by atoms with Crippen LogP contribution in [-0.4, -0.2) is 47.6 Å². The first-order valence-electron chi connectivity index (χ1n) is 6.85. The maximum Gasteiger partial charge on any atom is 0.247 e. The lowest BCUT2D eigenvalue weighted by atomic mass is 9.96. The largest absolute Gasteiger partial charge is 0.391 e. The van der Waals surface area contributed by atoms with Gasteiger partial charge in [-0.25, -0.2) is 0 Å². The third kappa shape index (κ3) is 5.19. The summed E-state index contributed by atoms with van der Waals surface area (Å²) in [6.45, 7) is 8.22. The fourth-order valence-corrected chi connectivity index (χ4v) is 2.03. The van der Waals surface area contributed by atoms with Crippen LogP contribution < -0.4 is 5.32 Å². The molecule has 1 saturated carbocycles. The van der Waals surface area contributed by atoms with E-state index in [0.717, 1.165) is 12.8 Å². The molecule has 110 valence electrons. The highest BCUT2D eigenvalue weighted by molar-refractivity contribution is 5.89. The highest BCUT2D eigenvalue weighted by Gasteiger charge is 2.35. The average Bonchev–Trinajstić information content (AvgIpc) is 3.05. The predicted octanol–water partition coefficient (Wildman–Crippen LogP) is 0.766. The van der Waals surface area contributed by atoms with Crippen molar-refractivity contribution in [1.29, 1.82) is 0 Å². The summed E-state index contributed by atoms with van der Waals surface area (Å²) in [5, 5.41) is 12.4. The molecule has 0 aromatic carbocycles. The molecule has 0 radical (unpaired) electrons. The van der Waals surface area contributed by atoms with Gasteiger partial charge < -0.3 is 15.3 Å². The smallest absolute Gasteiger partial charge is 0.247 e. The van der Waals surface area contributed by atoms with Crippen LogP contribution in [0.1, 0.15) is 40.5 Å². The molecule has 1 fully saturated rings. The molecule has 0 spiro atoms. The fourth-order valence-electron chi connectivity index (χ4n) is 2.03. The lowest BCUT2D eigenvalue weighted by Crippen LogP contribution is -2.54. The summed E-state index contributed by atoms with van der Waals surface area (Å²) in [5.41, 5.74) is -0.0197. The minimum Gasteiger partial charge on any atom is -0.391 e. The molecule has 0 saturated heterocycles. The van der Waals surface area contributed by atoms with Crippen molar-refractivity contribution < 1.29 is 14.7 Å². The number of amides is 2. The zero-order chi connectivity index (χ0) is 14.8. The zero-order valence-electron chi connectivity index (χ0n) is 12.6. The molecule has 1 aliphatic carbocycles. The van der Waals surface area contributed by atoms with Gasteiger partial charge >= 0.3 is 0 Å². The van der Waals surface area contributed by atoms with E-state index in [1.807, 2.05) is 20.8 Å². The Balaban J connectivity index is 2.63. The Labute approximate surface area is 115 Å². The summed E-state index contributed by atoms with van der Waals surface area (Å²) in [6.07, 6.45) is 0.868. The van der Waals surface area contributed by atoms with Gasteiger partial charge in [-0.2, -0.15) is 0 Å². The van der Waals surface area contributed by atoms with Gasteiger partial charge in [0.15, 0.2) is 0 Å². The molecule has 0 bridgehead atoms. The maximum atomic E-state index is 12.3. The number of hydrogen-bond acceptors (Lipinski definition) is 3. The maximum absolute atomic E-state index is 12.3.